The highest BCUT2D eigenvalue weighted by Gasteiger charge is 2.77. The third kappa shape index (κ3) is 3.13. The van der Waals surface area contributed by atoms with Gasteiger partial charge in [-0.25, -0.2) is 0 Å². The maximum atomic E-state index is 13.9. The molecular weight excluding hydrogens is 492 g/mol. The highest BCUT2D eigenvalue weighted by molar-refractivity contribution is 5.78. The van der Waals surface area contributed by atoms with Crippen molar-refractivity contribution in [1.29, 1.82) is 0 Å². The largest absolute Gasteiger partial charge is 0.493 e. The van der Waals surface area contributed by atoms with E-state index >= 15 is 0 Å². The van der Waals surface area contributed by atoms with Gasteiger partial charge in [0.05, 0.1) is 29.9 Å². The van der Waals surface area contributed by atoms with Gasteiger partial charge in [0.25, 0.3) is 0 Å². The molecule has 2 bridgehead atoms. The number of amides is 1. The van der Waals surface area contributed by atoms with Gasteiger partial charge in [-0.15, -0.1) is 0 Å². The number of hydrogen-bond donors (Lipinski definition) is 1. The number of nitrogens with zero attached hydrogens (tertiary/aromatic N) is 4. The Morgan fingerprint density at radius 2 is 2.08 bits per heavy atom. The van der Waals surface area contributed by atoms with E-state index < -0.39 is 16.6 Å². The Kier molecular flexibility index (Phi) is 5.11. The molecule has 5 atom stereocenters. The summed E-state index contributed by atoms with van der Waals surface area (Å²) in [6, 6.07) is 4.35. The number of fused-ring (bicyclic) bond motifs is 1. The number of carbonyl (C=O) groups is 1. The predicted molar refractivity (Wildman–Crippen MR) is 145 cm³/mol. The number of ether oxygens (including phenoxy) is 2. The first kappa shape index (κ1) is 24.2. The highest BCUT2D eigenvalue weighted by Crippen LogP contribution is 2.69. The topological polar surface area (TPSA) is 80.1 Å². The van der Waals surface area contributed by atoms with Gasteiger partial charge in [-0.2, -0.15) is 5.10 Å². The highest BCUT2D eigenvalue weighted by atomic mass is 16.5. The molecule has 1 aromatic carbocycles. The van der Waals surface area contributed by atoms with E-state index in [-0.39, 0.29) is 18.1 Å². The van der Waals surface area contributed by atoms with Crippen LogP contribution in [-0.2, 0) is 23.2 Å². The fourth-order valence-electron chi connectivity index (χ4n) is 9.48. The van der Waals surface area contributed by atoms with Gasteiger partial charge < -0.3 is 19.5 Å². The lowest BCUT2D eigenvalue weighted by Crippen LogP contribution is -2.80. The van der Waals surface area contributed by atoms with Gasteiger partial charge in [0.2, 0.25) is 5.91 Å². The Hall–Kier alpha value is -2.58. The Morgan fingerprint density at radius 3 is 2.85 bits per heavy atom. The molecule has 2 aromatic rings. The second kappa shape index (κ2) is 8.23. The SMILES string of the molecule is COc1ccc2c3c1O[C@H]1[C@@]4(CCCN4C(=O)CCn4cc(C)cn4)CC[C@@]4(O)[C@@H](C2)N(CC2CC2)CC[C@]314. The molecule has 39 heavy (non-hydrogen) atoms. The van der Waals surface area contributed by atoms with Crippen LogP contribution in [-0.4, -0.2) is 80.6 Å². The van der Waals surface area contributed by atoms with Crippen LogP contribution in [0.4, 0.5) is 0 Å². The van der Waals surface area contributed by atoms with Gasteiger partial charge in [-0.3, -0.25) is 14.4 Å². The minimum absolute atomic E-state index is 0.0933. The number of aromatic nitrogens is 2. The molecule has 208 valence electrons. The molecule has 8 heteroatoms. The summed E-state index contributed by atoms with van der Waals surface area (Å²) in [5.41, 5.74) is 1.78. The first-order chi connectivity index (χ1) is 18.9. The first-order valence-corrected chi connectivity index (χ1v) is 15.0. The molecule has 1 aromatic heterocycles. The van der Waals surface area contributed by atoms with Crippen molar-refractivity contribution < 1.29 is 19.4 Å². The second-order valence-corrected chi connectivity index (χ2v) is 13.2. The molecule has 4 heterocycles. The fraction of sp³-hybridized carbons (Fsp3) is 0.677. The Labute approximate surface area is 230 Å². The van der Waals surface area contributed by atoms with Gasteiger partial charge in [0, 0.05) is 43.9 Å². The van der Waals surface area contributed by atoms with E-state index in [9.17, 15) is 9.90 Å². The summed E-state index contributed by atoms with van der Waals surface area (Å²) in [6.07, 6.45) is 11.7. The number of aliphatic hydroxyl groups is 1. The number of hydrogen-bond acceptors (Lipinski definition) is 6. The van der Waals surface area contributed by atoms with Crippen molar-refractivity contribution in [2.75, 3.05) is 26.7 Å². The maximum absolute atomic E-state index is 13.9. The summed E-state index contributed by atoms with van der Waals surface area (Å²) in [6.45, 7) is 5.42. The molecular formula is C31H40N4O4. The molecule has 1 N–H and O–H groups in total. The zero-order chi connectivity index (χ0) is 26.6. The molecule has 2 saturated heterocycles. The number of piperidine rings is 1. The Morgan fingerprint density at radius 1 is 1.21 bits per heavy atom. The van der Waals surface area contributed by atoms with Crippen molar-refractivity contribution in [3.05, 3.63) is 41.2 Å². The molecule has 3 aliphatic heterocycles. The number of rotatable bonds is 6. The minimum Gasteiger partial charge on any atom is -0.493 e. The van der Waals surface area contributed by atoms with Crippen LogP contribution in [0.5, 0.6) is 11.5 Å². The van der Waals surface area contributed by atoms with E-state index in [0.717, 1.165) is 74.7 Å². The van der Waals surface area contributed by atoms with Gasteiger partial charge in [0.15, 0.2) is 11.5 Å². The summed E-state index contributed by atoms with van der Waals surface area (Å²) < 4.78 is 14.8. The lowest BCUT2D eigenvalue weighted by atomic mass is 9.45. The summed E-state index contributed by atoms with van der Waals surface area (Å²) in [5.74, 6) is 2.52. The van der Waals surface area contributed by atoms with Gasteiger partial charge in [0.1, 0.15) is 6.10 Å². The first-order valence-electron chi connectivity index (χ1n) is 15.0. The van der Waals surface area contributed by atoms with Crippen molar-refractivity contribution in [3.8, 4) is 11.5 Å². The van der Waals surface area contributed by atoms with Gasteiger partial charge >= 0.3 is 0 Å². The zero-order valence-electron chi connectivity index (χ0n) is 23.2. The fourth-order valence-corrected chi connectivity index (χ4v) is 9.48. The monoisotopic (exact) mass is 532 g/mol. The standard InChI is InChI=1S/C31H40N4O4/c1-20-17-32-34(18-20)14-8-25(36)35-13-3-9-29(35)10-11-31(37)24-16-22-6-7-23(38-2)27-26(22)30(31,28(29)39-27)12-15-33(24)19-21-4-5-21/h6-7,17-18,21,24,28,37H,3-5,8-16,19H2,1-2H3/t24-,28+,29-,30+,31-/m1/s1. The smallest absolute Gasteiger partial charge is 0.225 e. The molecule has 3 aliphatic carbocycles. The number of benzene rings is 1. The Balaban J connectivity index is 1.20. The quantitative estimate of drug-likeness (QED) is 0.616. The van der Waals surface area contributed by atoms with E-state index in [1.807, 2.05) is 30.1 Å². The third-order valence-corrected chi connectivity index (χ3v) is 11.3. The van der Waals surface area contributed by atoms with Crippen molar-refractivity contribution in [2.45, 2.75) is 100.0 Å². The molecule has 0 radical (unpaired) electrons. The van der Waals surface area contributed by atoms with Crippen LogP contribution >= 0.6 is 0 Å². The van der Waals surface area contributed by atoms with Crippen LogP contribution in [0.25, 0.3) is 0 Å². The van der Waals surface area contributed by atoms with E-state index in [0.29, 0.717) is 19.4 Å². The van der Waals surface area contributed by atoms with E-state index in [2.05, 4.69) is 21.0 Å². The number of aryl methyl sites for hydroxylation is 2. The van der Waals surface area contributed by atoms with Gasteiger partial charge in [-0.1, -0.05) is 6.07 Å². The van der Waals surface area contributed by atoms with Crippen LogP contribution in [0.15, 0.2) is 24.5 Å². The molecule has 8 nitrogen and oxygen atoms in total. The zero-order valence-corrected chi connectivity index (χ0v) is 23.2. The van der Waals surface area contributed by atoms with Crippen molar-refractivity contribution in [2.24, 2.45) is 5.92 Å². The second-order valence-electron chi connectivity index (χ2n) is 13.2. The normalized spacial score (nSPS) is 36.2. The molecule has 0 unspecified atom stereocenters. The minimum atomic E-state index is -0.870. The molecule has 2 spiro atoms. The number of carbonyl (C=O) groups excluding carboxylic acids is 1. The summed E-state index contributed by atoms with van der Waals surface area (Å²) in [7, 11) is 1.70. The van der Waals surface area contributed by atoms with E-state index in [1.54, 1.807) is 7.11 Å². The molecule has 6 aliphatic rings. The molecule has 2 saturated carbocycles. The van der Waals surface area contributed by atoms with Crippen LogP contribution in [0, 0.1) is 12.8 Å². The van der Waals surface area contributed by atoms with Crippen LogP contribution in [0.1, 0.15) is 68.1 Å². The lowest BCUT2D eigenvalue weighted by molar-refractivity contribution is -0.217. The summed E-state index contributed by atoms with van der Waals surface area (Å²) >= 11 is 0. The average molecular weight is 533 g/mol. The van der Waals surface area contributed by atoms with Crippen LogP contribution in [0.2, 0.25) is 0 Å². The predicted octanol–water partition coefficient (Wildman–Crippen LogP) is 3.22. The van der Waals surface area contributed by atoms with Crippen LogP contribution < -0.4 is 9.47 Å². The van der Waals surface area contributed by atoms with Crippen molar-refractivity contribution >= 4 is 5.91 Å². The van der Waals surface area contributed by atoms with E-state index in [1.165, 1.54) is 24.0 Å². The van der Waals surface area contributed by atoms with E-state index in [4.69, 9.17) is 9.47 Å². The lowest BCUT2D eigenvalue weighted by Gasteiger charge is -2.67. The number of methoxy groups -OCH3 is 1. The average Bonchev–Trinajstić information content (AvgIpc) is 3.31. The Bertz CT molecular complexity index is 1340. The molecule has 8 rings (SSSR count). The molecule has 4 fully saturated rings. The van der Waals surface area contributed by atoms with Crippen molar-refractivity contribution in [3.63, 3.8) is 0 Å². The third-order valence-electron chi connectivity index (χ3n) is 11.3. The summed E-state index contributed by atoms with van der Waals surface area (Å²) in [5, 5.41) is 17.3. The maximum Gasteiger partial charge on any atom is 0.225 e. The summed E-state index contributed by atoms with van der Waals surface area (Å²) in [4.78, 5) is 18.7. The van der Waals surface area contributed by atoms with Crippen LogP contribution in [0.3, 0.4) is 0 Å². The number of likely N-dealkylation sites (tertiary alicyclic amines) is 2. The van der Waals surface area contributed by atoms with Crippen molar-refractivity contribution in [1.82, 2.24) is 19.6 Å². The van der Waals surface area contributed by atoms with Gasteiger partial charge in [-0.05, 0) is 87.9 Å². The molecule has 1 amide bonds.